The smallest absolute Gasteiger partial charge is 0.331 e. The van der Waals surface area contributed by atoms with Crippen molar-refractivity contribution in [1.82, 2.24) is 5.32 Å². The second-order valence-corrected chi connectivity index (χ2v) is 9.34. The lowest BCUT2D eigenvalue weighted by Gasteiger charge is -2.33. The molecule has 0 spiro atoms. The zero-order chi connectivity index (χ0) is 27.7. The minimum Gasteiger partial charge on any atom is -0.497 e. The number of hydrogen-bond donors (Lipinski definition) is 1. The molecule has 5 rings (SSSR count). The van der Waals surface area contributed by atoms with Gasteiger partial charge in [0, 0.05) is 17.7 Å². The van der Waals surface area contributed by atoms with Crippen molar-refractivity contribution in [2.24, 2.45) is 11.8 Å². The SMILES string of the molecule is CCOc1ccc(N2C(=O)[C@H]3[C@@H](C2=O)[C@@](C(=O)OC)(c2ccccc2)N[C@H]3c2ccc(OC)cc2OC)cc1. The van der Waals surface area contributed by atoms with Crippen LogP contribution in [0.3, 0.4) is 0 Å². The fraction of sp³-hybridized carbons (Fsp3) is 0.300. The molecule has 2 heterocycles. The number of nitrogens with zero attached hydrogens (tertiary/aromatic N) is 1. The van der Waals surface area contributed by atoms with E-state index in [1.54, 1.807) is 73.8 Å². The molecule has 3 aromatic carbocycles. The third-order valence-electron chi connectivity index (χ3n) is 7.48. The first-order valence-corrected chi connectivity index (χ1v) is 12.7. The Morgan fingerprint density at radius 3 is 2.21 bits per heavy atom. The van der Waals surface area contributed by atoms with Gasteiger partial charge >= 0.3 is 5.97 Å². The van der Waals surface area contributed by atoms with Crippen molar-refractivity contribution in [1.29, 1.82) is 0 Å². The molecule has 2 aliphatic heterocycles. The summed E-state index contributed by atoms with van der Waals surface area (Å²) in [5.74, 6) is -1.94. The van der Waals surface area contributed by atoms with Gasteiger partial charge in [-0.25, -0.2) is 9.69 Å². The third-order valence-corrected chi connectivity index (χ3v) is 7.48. The second-order valence-electron chi connectivity index (χ2n) is 9.34. The number of anilines is 1. The maximum Gasteiger partial charge on any atom is 0.331 e. The second kappa shape index (κ2) is 10.4. The predicted octanol–water partition coefficient (Wildman–Crippen LogP) is 3.62. The van der Waals surface area contributed by atoms with E-state index in [1.807, 2.05) is 13.0 Å². The van der Waals surface area contributed by atoms with Crippen molar-refractivity contribution in [2.75, 3.05) is 32.8 Å². The normalized spacial score (nSPS) is 23.9. The van der Waals surface area contributed by atoms with Crippen LogP contribution in [0.2, 0.25) is 0 Å². The number of ether oxygens (including phenoxy) is 4. The zero-order valence-electron chi connectivity index (χ0n) is 22.2. The Balaban J connectivity index is 1.70. The first-order valence-electron chi connectivity index (χ1n) is 12.7. The van der Waals surface area contributed by atoms with Crippen molar-refractivity contribution in [3.05, 3.63) is 83.9 Å². The molecule has 0 saturated carbocycles. The van der Waals surface area contributed by atoms with Crippen molar-refractivity contribution >= 4 is 23.5 Å². The van der Waals surface area contributed by atoms with E-state index >= 15 is 0 Å². The maximum atomic E-state index is 14.2. The van der Waals surface area contributed by atoms with Gasteiger partial charge in [-0.05, 0) is 42.8 Å². The molecule has 2 fully saturated rings. The van der Waals surface area contributed by atoms with Gasteiger partial charge in [0.05, 0.1) is 45.5 Å². The Labute approximate surface area is 226 Å². The quantitative estimate of drug-likeness (QED) is 0.348. The average molecular weight is 531 g/mol. The van der Waals surface area contributed by atoms with Crippen LogP contribution in [0.1, 0.15) is 24.1 Å². The van der Waals surface area contributed by atoms with Crippen LogP contribution in [0.25, 0.3) is 0 Å². The van der Waals surface area contributed by atoms with Gasteiger partial charge in [-0.2, -0.15) is 0 Å². The number of amides is 2. The topological polar surface area (TPSA) is 103 Å². The Morgan fingerprint density at radius 1 is 0.897 bits per heavy atom. The lowest BCUT2D eigenvalue weighted by atomic mass is 9.75. The van der Waals surface area contributed by atoms with E-state index in [-0.39, 0.29) is 0 Å². The summed E-state index contributed by atoms with van der Waals surface area (Å²) in [5, 5.41) is 3.38. The lowest BCUT2D eigenvalue weighted by molar-refractivity contribution is -0.152. The molecule has 2 saturated heterocycles. The average Bonchev–Trinajstić information content (AvgIpc) is 3.47. The summed E-state index contributed by atoms with van der Waals surface area (Å²) < 4.78 is 21.8. The fourth-order valence-electron chi connectivity index (χ4n) is 5.80. The van der Waals surface area contributed by atoms with Crippen LogP contribution >= 0.6 is 0 Å². The molecule has 0 aromatic heterocycles. The van der Waals surface area contributed by atoms with E-state index in [0.717, 1.165) is 4.90 Å². The van der Waals surface area contributed by atoms with Crippen molar-refractivity contribution in [3.8, 4) is 17.2 Å². The van der Waals surface area contributed by atoms with Crippen LogP contribution in [0.4, 0.5) is 5.69 Å². The molecule has 2 aliphatic rings. The van der Waals surface area contributed by atoms with Crippen molar-refractivity contribution in [3.63, 3.8) is 0 Å². The number of esters is 1. The number of rotatable bonds is 8. The molecule has 0 aliphatic carbocycles. The molecular weight excluding hydrogens is 500 g/mol. The van der Waals surface area contributed by atoms with E-state index in [4.69, 9.17) is 18.9 Å². The van der Waals surface area contributed by atoms with Gasteiger partial charge in [0.15, 0.2) is 5.54 Å². The molecule has 202 valence electrons. The molecule has 4 atom stereocenters. The highest BCUT2D eigenvalue weighted by molar-refractivity contribution is 6.24. The summed E-state index contributed by atoms with van der Waals surface area (Å²) >= 11 is 0. The number of imide groups is 1. The summed E-state index contributed by atoms with van der Waals surface area (Å²) in [6.07, 6.45) is 0. The maximum absolute atomic E-state index is 14.2. The number of hydrogen-bond acceptors (Lipinski definition) is 8. The summed E-state index contributed by atoms with van der Waals surface area (Å²) in [6.45, 7) is 2.36. The number of nitrogens with one attached hydrogen (secondary N) is 1. The van der Waals surface area contributed by atoms with E-state index < -0.39 is 41.2 Å². The van der Waals surface area contributed by atoms with Crippen LogP contribution in [0, 0.1) is 11.8 Å². The van der Waals surface area contributed by atoms with Gasteiger partial charge in [0.2, 0.25) is 11.8 Å². The molecule has 3 aromatic rings. The Bertz CT molecular complexity index is 1390. The number of benzene rings is 3. The molecule has 0 bridgehead atoms. The Kier molecular flexibility index (Phi) is 7.01. The summed E-state index contributed by atoms with van der Waals surface area (Å²) in [4.78, 5) is 43.2. The molecular formula is C30H30N2O7. The van der Waals surface area contributed by atoms with Crippen LogP contribution in [0.15, 0.2) is 72.8 Å². The highest BCUT2D eigenvalue weighted by Gasteiger charge is 2.70. The van der Waals surface area contributed by atoms with E-state index in [0.29, 0.717) is 40.7 Å². The molecule has 9 heteroatoms. The van der Waals surface area contributed by atoms with Crippen molar-refractivity contribution in [2.45, 2.75) is 18.5 Å². The van der Waals surface area contributed by atoms with Gasteiger partial charge in [0.25, 0.3) is 0 Å². The minimum atomic E-state index is -1.62. The van der Waals surface area contributed by atoms with Gasteiger partial charge in [0.1, 0.15) is 17.2 Å². The monoisotopic (exact) mass is 530 g/mol. The van der Waals surface area contributed by atoms with Crippen LogP contribution in [-0.4, -0.2) is 45.7 Å². The van der Waals surface area contributed by atoms with E-state index in [1.165, 1.54) is 14.2 Å². The molecule has 1 N–H and O–H groups in total. The fourth-order valence-corrected chi connectivity index (χ4v) is 5.80. The zero-order valence-corrected chi connectivity index (χ0v) is 22.2. The van der Waals surface area contributed by atoms with Crippen LogP contribution < -0.4 is 24.4 Å². The van der Waals surface area contributed by atoms with Crippen molar-refractivity contribution < 1.29 is 33.3 Å². The first-order chi connectivity index (χ1) is 18.9. The predicted molar refractivity (Wildman–Crippen MR) is 143 cm³/mol. The highest BCUT2D eigenvalue weighted by atomic mass is 16.5. The van der Waals surface area contributed by atoms with Gasteiger partial charge in [-0.3, -0.25) is 14.9 Å². The third kappa shape index (κ3) is 4.10. The minimum absolute atomic E-state index is 0.398. The van der Waals surface area contributed by atoms with Crippen LogP contribution in [-0.2, 0) is 24.7 Å². The molecule has 0 radical (unpaired) electrons. The van der Waals surface area contributed by atoms with Crippen LogP contribution in [0.5, 0.6) is 17.2 Å². The standard InChI is InChI=1S/C30H30N2O7/c1-5-39-20-13-11-19(12-14-20)32-27(33)24-25(28(32)34)30(29(35)38-4,18-9-7-6-8-10-18)31-26(24)22-16-15-21(36-2)17-23(22)37-3/h6-17,24-26,31H,5H2,1-4H3/t24-,25-,26-,30+/m0/s1. The Morgan fingerprint density at radius 2 is 1.59 bits per heavy atom. The largest absolute Gasteiger partial charge is 0.497 e. The molecule has 2 amide bonds. The molecule has 39 heavy (non-hydrogen) atoms. The number of fused-ring (bicyclic) bond motifs is 1. The van der Waals surface area contributed by atoms with E-state index in [9.17, 15) is 14.4 Å². The van der Waals surface area contributed by atoms with Gasteiger partial charge in [-0.15, -0.1) is 0 Å². The number of carbonyl (C=O) groups excluding carboxylic acids is 3. The number of methoxy groups -OCH3 is 3. The molecule has 0 unspecified atom stereocenters. The van der Waals surface area contributed by atoms with Gasteiger partial charge < -0.3 is 18.9 Å². The molecule has 9 nitrogen and oxygen atoms in total. The Hall–Kier alpha value is -4.37. The first kappa shape index (κ1) is 26.2. The summed E-state index contributed by atoms with van der Waals surface area (Å²) in [5.41, 5.74) is -0.0837. The lowest BCUT2D eigenvalue weighted by Crippen LogP contribution is -2.53. The summed E-state index contributed by atoms with van der Waals surface area (Å²) in [7, 11) is 4.34. The van der Waals surface area contributed by atoms with Gasteiger partial charge in [-0.1, -0.05) is 36.4 Å². The van der Waals surface area contributed by atoms with E-state index in [2.05, 4.69) is 5.32 Å². The summed E-state index contributed by atoms with van der Waals surface area (Å²) in [6, 6.07) is 20.1. The highest BCUT2D eigenvalue weighted by Crippen LogP contribution is 2.55. The number of carbonyl (C=O) groups is 3.